The second-order valence-electron chi connectivity index (χ2n) is 5.18. The molecule has 0 unspecified atom stereocenters. The fourth-order valence-electron chi connectivity index (χ4n) is 1.87. The first-order chi connectivity index (χ1) is 7.79. The van der Waals surface area contributed by atoms with E-state index < -0.39 is 5.97 Å². The molecule has 0 amide bonds. The molecule has 6 heteroatoms. The quantitative estimate of drug-likeness (QED) is 0.844. The van der Waals surface area contributed by atoms with E-state index in [9.17, 15) is 4.79 Å². The van der Waals surface area contributed by atoms with Crippen LogP contribution in [0.15, 0.2) is 6.20 Å². The largest absolute Gasteiger partial charge is 0.481 e. The lowest BCUT2D eigenvalue weighted by Crippen LogP contribution is -2.17. The van der Waals surface area contributed by atoms with Crippen molar-refractivity contribution in [2.75, 3.05) is 0 Å². The standard InChI is InChI=1S/C11H16N4O2/c1-11(2,3)9-13-15-6-7(5-8(16)17)12-10(15)14(9)4/h6H,5H2,1-4H3,(H,16,17). The average molecular weight is 236 g/mol. The van der Waals surface area contributed by atoms with E-state index in [-0.39, 0.29) is 11.8 Å². The fourth-order valence-corrected chi connectivity index (χ4v) is 1.87. The summed E-state index contributed by atoms with van der Waals surface area (Å²) >= 11 is 0. The molecule has 1 N–H and O–H groups in total. The number of imidazole rings is 1. The van der Waals surface area contributed by atoms with Gasteiger partial charge in [-0.1, -0.05) is 20.8 Å². The molecule has 0 atom stereocenters. The zero-order valence-electron chi connectivity index (χ0n) is 10.4. The summed E-state index contributed by atoms with van der Waals surface area (Å²) in [7, 11) is 1.89. The first kappa shape index (κ1) is 11.6. The smallest absolute Gasteiger partial charge is 0.309 e. The van der Waals surface area contributed by atoms with Gasteiger partial charge in [0.2, 0.25) is 5.78 Å². The minimum atomic E-state index is -0.885. The highest BCUT2D eigenvalue weighted by atomic mass is 16.4. The summed E-state index contributed by atoms with van der Waals surface area (Å²) in [6.45, 7) is 6.23. The van der Waals surface area contributed by atoms with Gasteiger partial charge < -0.3 is 5.11 Å². The molecule has 2 aromatic heterocycles. The molecule has 6 nitrogen and oxygen atoms in total. The first-order valence-electron chi connectivity index (χ1n) is 5.42. The summed E-state index contributed by atoms with van der Waals surface area (Å²) in [6.07, 6.45) is 1.59. The molecule has 0 bridgehead atoms. The van der Waals surface area contributed by atoms with Gasteiger partial charge in [-0.25, -0.2) is 9.50 Å². The van der Waals surface area contributed by atoms with Gasteiger partial charge in [0.05, 0.1) is 18.3 Å². The van der Waals surface area contributed by atoms with Crippen molar-refractivity contribution in [3.8, 4) is 0 Å². The molecular formula is C11H16N4O2. The van der Waals surface area contributed by atoms with Crippen LogP contribution in [-0.2, 0) is 23.7 Å². The van der Waals surface area contributed by atoms with Crippen molar-refractivity contribution in [1.82, 2.24) is 19.2 Å². The Hall–Kier alpha value is -1.85. The molecule has 0 aliphatic carbocycles. The zero-order valence-corrected chi connectivity index (χ0v) is 10.4. The predicted octanol–water partition coefficient (Wildman–Crippen LogP) is 0.992. The molecule has 17 heavy (non-hydrogen) atoms. The summed E-state index contributed by atoms with van der Waals surface area (Å²) in [5.74, 6) is 0.706. The number of hydrogen-bond donors (Lipinski definition) is 1. The monoisotopic (exact) mass is 236 g/mol. The van der Waals surface area contributed by atoms with Crippen molar-refractivity contribution >= 4 is 11.7 Å². The van der Waals surface area contributed by atoms with Crippen LogP contribution in [0.4, 0.5) is 0 Å². The Morgan fingerprint density at radius 1 is 1.47 bits per heavy atom. The van der Waals surface area contributed by atoms with Crippen LogP contribution < -0.4 is 0 Å². The molecule has 0 fully saturated rings. The van der Waals surface area contributed by atoms with E-state index in [1.807, 2.05) is 11.6 Å². The Morgan fingerprint density at radius 2 is 2.12 bits per heavy atom. The van der Waals surface area contributed by atoms with Crippen LogP contribution in [0.1, 0.15) is 32.3 Å². The van der Waals surface area contributed by atoms with Crippen molar-refractivity contribution in [2.24, 2.45) is 7.05 Å². The highest BCUT2D eigenvalue weighted by Gasteiger charge is 2.22. The fraction of sp³-hybridized carbons (Fsp3) is 0.545. The van der Waals surface area contributed by atoms with Gasteiger partial charge in [0.15, 0.2) is 0 Å². The summed E-state index contributed by atoms with van der Waals surface area (Å²) in [5.41, 5.74) is 0.457. The van der Waals surface area contributed by atoms with Gasteiger partial charge in [-0.3, -0.25) is 9.36 Å². The minimum absolute atomic E-state index is 0.0671. The topological polar surface area (TPSA) is 72.4 Å². The Kier molecular flexibility index (Phi) is 2.45. The Bertz CT molecular complexity index is 574. The molecule has 0 spiro atoms. The number of aromatic nitrogens is 4. The van der Waals surface area contributed by atoms with Crippen LogP contribution in [0.25, 0.3) is 5.78 Å². The third-order valence-electron chi connectivity index (χ3n) is 2.54. The van der Waals surface area contributed by atoms with Gasteiger partial charge in [0.25, 0.3) is 0 Å². The molecule has 0 saturated heterocycles. The van der Waals surface area contributed by atoms with Gasteiger partial charge in [0.1, 0.15) is 5.82 Å². The molecule has 2 aromatic rings. The second kappa shape index (κ2) is 3.58. The van der Waals surface area contributed by atoms with Gasteiger partial charge in [-0.2, -0.15) is 5.10 Å². The summed E-state index contributed by atoms with van der Waals surface area (Å²) in [6, 6.07) is 0. The van der Waals surface area contributed by atoms with Crippen molar-refractivity contribution in [1.29, 1.82) is 0 Å². The maximum Gasteiger partial charge on any atom is 0.309 e. The van der Waals surface area contributed by atoms with Crippen LogP contribution in [0.3, 0.4) is 0 Å². The van der Waals surface area contributed by atoms with Crippen molar-refractivity contribution in [2.45, 2.75) is 32.6 Å². The first-order valence-corrected chi connectivity index (χ1v) is 5.42. The maximum atomic E-state index is 10.6. The Labute approximate surface area is 98.9 Å². The van der Waals surface area contributed by atoms with Crippen LogP contribution >= 0.6 is 0 Å². The van der Waals surface area contributed by atoms with Gasteiger partial charge in [0, 0.05) is 12.5 Å². The minimum Gasteiger partial charge on any atom is -0.481 e. The van der Waals surface area contributed by atoms with E-state index in [4.69, 9.17) is 5.11 Å². The highest BCUT2D eigenvalue weighted by molar-refractivity contribution is 5.69. The summed E-state index contributed by atoms with van der Waals surface area (Å²) in [5, 5.41) is 13.1. The number of nitrogens with zero attached hydrogens (tertiary/aromatic N) is 4. The van der Waals surface area contributed by atoms with Crippen LogP contribution in [0, 0.1) is 0 Å². The number of carboxylic acids is 1. The van der Waals surface area contributed by atoms with E-state index in [0.29, 0.717) is 11.5 Å². The van der Waals surface area contributed by atoms with Crippen molar-refractivity contribution in [3.63, 3.8) is 0 Å². The number of carbonyl (C=O) groups is 1. The van der Waals surface area contributed by atoms with E-state index in [1.165, 1.54) is 0 Å². The number of aryl methyl sites for hydroxylation is 1. The molecule has 92 valence electrons. The molecular weight excluding hydrogens is 220 g/mol. The third kappa shape index (κ3) is 2.02. The molecule has 0 aliphatic heterocycles. The molecule has 2 rings (SSSR count). The van der Waals surface area contributed by atoms with Crippen LogP contribution in [-0.4, -0.2) is 30.2 Å². The van der Waals surface area contributed by atoms with Crippen LogP contribution in [0.5, 0.6) is 0 Å². The lowest BCUT2D eigenvalue weighted by molar-refractivity contribution is -0.136. The average Bonchev–Trinajstić information content (AvgIpc) is 2.64. The molecule has 0 radical (unpaired) electrons. The number of rotatable bonds is 2. The normalized spacial score (nSPS) is 12.2. The van der Waals surface area contributed by atoms with E-state index in [1.54, 1.807) is 10.7 Å². The lowest BCUT2D eigenvalue weighted by Gasteiger charge is -2.16. The Balaban J connectivity index is 2.49. The number of hydrogen-bond acceptors (Lipinski definition) is 3. The maximum absolute atomic E-state index is 10.6. The van der Waals surface area contributed by atoms with Gasteiger partial charge >= 0.3 is 5.97 Å². The molecule has 0 saturated carbocycles. The zero-order chi connectivity index (χ0) is 12.8. The summed E-state index contributed by atoms with van der Waals surface area (Å²) in [4.78, 5) is 14.9. The SMILES string of the molecule is Cn1c(C(C)(C)C)nn2cc(CC(=O)O)nc12. The number of carboxylic acid groups (broad SMARTS) is 1. The van der Waals surface area contributed by atoms with E-state index in [2.05, 4.69) is 30.9 Å². The Morgan fingerprint density at radius 3 is 2.59 bits per heavy atom. The van der Waals surface area contributed by atoms with Crippen molar-refractivity contribution in [3.05, 3.63) is 17.7 Å². The third-order valence-corrected chi connectivity index (χ3v) is 2.54. The lowest BCUT2D eigenvalue weighted by atomic mass is 9.96. The van der Waals surface area contributed by atoms with Gasteiger partial charge in [-0.15, -0.1) is 0 Å². The highest BCUT2D eigenvalue weighted by Crippen LogP contribution is 2.21. The second-order valence-corrected chi connectivity index (χ2v) is 5.18. The number of aliphatic carboxylic acids is 1. The van der Waals surface area contributed by atoms with E-state index in [0.717, 1.165) is 5.82 Å². The predicted molar refractivity (Wildman–Crippen MR) is 62.0 cm³/mol. The van der Waals surface area contributed by atoms with Crippen LogP contribution in [0.2, 0.25) is 0 Å². The van der Waals surface area contributed by atoms with E-state index >= 15 is 0 Å². The number of fused-ring (bicyclic) bond motifs is 1. The summed E-state index contributed by atoms with van der Waals surface area (Å²) < 4.78 is 3.53. The van der Waals surface area contributed by atoms with Crippen molar-refractivity contribution < 1.29 is 9.90 Å². The van der Waals surface area contributed by atoms with Gasteiger partial charge in [-0.05, 0) is 0 Å². The molecule has 0 aliphatic rings. The molecule has 0 aromatic carbocycles. The molecule has 2 heterocycles.